The van der Waals surface area contributed by atoms with E-state index in [2.05, 4.69) is 5.32 Å². The Kier molecular flexibility index (Phi) is 6.69. The molecule has 0 spiro atoms. The predicted molar refractivity (Wildman–Crippen MR) is 93.0 cm³/mol. The van der Waals surface area contributed by atoms with E-state index in [9.17, 15) is 9.59 Å². The number of amides is 2. The van der Waals surface area contributed by atoms with Gasteiger partial charge in [-0.3, -0.25) is 9.59 Å². The minimum Gasteiger partial charge on any atom is -0.459 e. The predicted octanol–water partition coefficient (Wildman–Crippen LogP) is 2.08. The maximum atomic E-state index is 12.7. The molecular formula is C17H26ClN3O3. The summed E-state index contributed by atoms with van der Waals surface area (Å²) in [6.07, 6.45) is 7.83. The van der Waals surface area contributed by atoms with Crippen molar-refractivity contribution in [1.29, 1.82) is 0 Å². The molecule has 1 aliphatic carbocycles. The smallest absolute Gasteiger partial charge is 0.290 e. The van der Waals surface area contributed by atoms with Gasteiger partial charge in [-0.05, 0) is 57.1 Å². The second-order valence-electron chi connectivity index (χ2n) is 6.61. The molecule has 1 atom stereocenters. The van der Waals surface area contributed by atoms with Crippen molar-refractivity contribution in [3.8, 4) is 0 Å². The Labute approximate surface area is 148 Å². The third-order valence-electron chi connectivity index (χ3n) is 4.92. The summed E-state index contributed by atoms with van der Waals surface area (Å²) in [7, 11) is 0. The molecule has 1 aromatic heterocycles. The number of carbonyl (C=O) groups excluding carboxylic acids is 2. The van der Waals surface area contributed by atoms with Crippen molar-refractivity contribution in [2.75, 3.05) is 6.54 Å². The second kappa shape index (κ2) is 8.53. The van der Waals surface area contributed by atoms with Crippen LogP contribution in [0.4, 0.5) is 0 Å². The molecule has 6 nitrogen and oxygen atoms in total. The number of piperidine rings is 1. The molecule has 7 heteroatoms. The van der Waals surface area contributed by atoms with Gasteiger partial charge in [0.25, 0.3) is 5.91 Å². The van der Waals surface area contributed by atoms with Gasteiger partial charge in [0.15, 0.2) is 5.76 Å². The van der Waals surface area contributed by atoms with Gasteiger partial charge in [0.1, 0.15) is 6.04 Å². The van der Waals surface area contributed by atoms with E-state index in [0.29, 0.717) is 18.7 Å². The van der Waals surface area contributed by atoms with Gasteiger partial charge in [0.2, 0.25) is 5.91 Å². The summed E-state index contributed by atoms with van der Waals surface area (Å²) in [5.74, 6) is 0.0685. The molecule has 2 heterocycles. The number of hydrogen-bond acceptors (Lipinski definition) is 4. The van der Waals surface area contributed by atoms with Gasteiger partial charge in [-0.1, -0.05) is 0 Å². The van der Waals surface area contributed by atoms with Gasteiger partial charge >= 0.3 is 0 Å². The number of furan rings is 1. The van der Waals surface area contributed by atoms with Crippen LogP contribution in [0.25, 0.3) is 0 Å². The first-order valence-electron chi connectivity index (χ1n) is 8.55. The summed E-state index contributed by atoms with van der Waals surface area (Å²) in [6, 6.07) is 3.39. The third-order valence-corrected chi connectivity index (χ3v) is 4.92. The average molecular weight is 356 g/mol. The highest BCUT2D eigenvalue weighted by atomic mass is 35.5. The average Bonchev–Trinajstić information content (AvgIpc) is 3.11. The van der Waals surface area contributed by atoms with E-state index in [4.69, 9.17) is 10.2 Å². The number of hydrogen-bond donors (Lipinski definition) is 2. The molecule has 0 bridgehead atoms. The van der Waals surface area contributed by atoms with Crippen LogP contribution in [0.1, 0.15) is 55.5 Å². The van der Waals surface area contributed by atoms with Crippen molar-refractivity contribution in [3.63, 3.8) is 0 Å². The standard InChI is InChI=1S/C17H25N3O3.ClH/c18-12-6-8-13(9-7-12)19-16(21)14-4-1-2-10-20(14)17(22)15-5-3-11-23-15;/h3,5,11-14H,1-2,4,6-10,18H2,(H,19,21);1H. The van der Waals surface area contributed by atoms with Crippen LogP contribution in [0.5, 0.6) is 0 Å². The van der Waals surface area contributed by atoms with Crippen molar-refractivity contribution in [2.24, 2.45) is 5.73 Å². The Hall–Kier alpha value is -1.53. The first-order chi connectivity index (χ1) is 11.1. The zero-order valence-corrected chi connectivity index (χ0v) is 14.6. The molecule has 1 aromatic rings. The highest BCUT2D eigenvalue weighted by Crippen LogP contribution is 2.22. The van der Waals surface area contributed by atoms with E-state index in [-0.39, 0.29) is 36.3 Å². The Morgan fingerprint density at radius 3 is 2.58 bits per heavy atom. The van der Waals surface area contributed by atoms with E-state index in [1.807, 2.05) is 0 Å². The molecule has 1 aliphatic heterocycles. The van der Waals surface area contributed by atoms with Crippen LogP contribution in [0.3, 0.4) is 0 Å². The van der Waals surface area contributed by atoms with Gasteiger partial charge in [0.05, 0.1) is 6.26 Å². The van der Waals surface area contributed by atoms with Crippen LogP contribution in [-0.4, -0.2) is 41.4 Å². The summed E-state index contributed by atoms with van der Waals surface area (Å²) < 4.78 is 5.20. The lowest BCUT2D eigenvalue weighted by Crippen LogP contribution is -2.54. The number of likely N-dealkylation sites (tertiary alicyclic amines) is 1. The lowest BCUT2D eigenvalue weighted by Gasteiger charge is -2.36. The fourth-order valence-electron chi connectivity index (χ4n) is 3.55. The summed E-state index contributed by atoms with van der Waals surface area (Å²) in [5, 5.41) is 3.12. The largest absolute Gasteiger partial charge is 0.459 e. The second-order valence-corrected chi connectivity index (χ2v) is 6.61. The van der Waals surface area contributed by atoms with Gasteiger partial charge < -0.3 is 20.4 Å². The molecule has 1 unspecified atom stereocenters. The maximum Gasteiger partial charge on any atom is 0.290 e. The molecule has 2 amide bonds. The van der Waals surface area contributed by atoms with Crippen LogP contribution >= 0.6 is 12.4 Å². The summed E-state index contributed by atoms with van der Waals surface area (Å²) in [6.45, 7) is 0.604. The quantitative estimate of drug-likeness (QED) is 0.868. The Balaban J connectivity index is 0.00000208. The first kappa shape index (κ1) is 18.8. The summed E-state index contributed by atoms with van der Waals surface area (Å²) in [4.78, 5) is 26.9. The molecule has 3 N–H and O–H groups in total. The van der Waals surface area contributed by atoms with Gasteiger partial charge in [-0.25, -0.2) is 0 Å². The SMILES string of the molecule is Cl.NC1CCC(NC(=O)C2CCCCN2C(=O)c2ccco2)CC1. The third kappa shape index (κ3) is 4.30. The molecule has 134 valence electrons. The van der Waals surface area contributed by atoms with Gasteiger partial charge in [0, 0.05) is 18.6 Å². The molecule has 0 radical (unpaired) electrons. The zero-order valence-electron chi connectivity index (χ0n) is 13.8. The number of rotatable bonds is 3. The molecule has 0 aromatic carbocycles. The molecule has 1 saturated heterocycles. The van der Waals surface area contributed by atoms with Crippen molar-refractivity contribution < 1.29 is 14.0 Å². The van der Waals surface area contributed by atoms with Crippen molar-refractivity contribution >= 4 is 24.2 Å². The number of carbonyl (C=O) groups is 2. The Bertz CT molecular complexity index is 541. The summed E-state index contributed by atoms with van der Waals surface area (Å²) in [5.41, 5.74) is 5.91. The Morgan fingerprint density at radius 1 is 1.17 bits per heavy atom. The molecule has 24 heavy (non-hydrogen) atoms. The molecule has 1 saturated carbocycles. The number of nitrogens with two attached hydrogens (primary N) is 1. The number of halogens is 1. The van der Waals surface area contributed by atoms with E-state index in [0.717, 1.165) is 38.5 Å². The molecule has 3 rings (SSSR count). The van der Waals surface area contributed by atoms with Crippen molar-refractivity contribution in [2.45, 2.75) is 63.1 Å². The number of nitrogens with one attached hydrogen (secondary N) is 1. The minimum atomic E-state index is -0.392. The van der Waals surface area contributed by atoms with Crippen molar-refractivity contribution in [1.82, 2.24) is 10.2 Å². The van der Waals surface area contributed by atoms with E-state index in [1.54, 1.807) is 17.0 Å². The van der Waals surface area contributed by atoms with Crippen LogP contribution in [0.15, 0.2) is 22.8 Å². The fraction of sp³-hybridized carbons (Fsp3) is 0.647. The van der Waals surface area contributed by atoms with Crippen molar-refractivity contribution in [3.05, 3.63) is 24.2 Å². The monoisotopic (exact) mass is 355 g/mol. The lowest BCUT2D eigenvalue weighted by atomic mass is 9.91. The summed E-state index contributed by atoms with van der Waals surface area (Å²) >= 11 is 0. The van der Waals surface area contributed by atoms with Crippen LogP contribution in [0, 0.1) is 0 Å². The van der Waals surface area contributed by atoms with E-state index < -0.39 is 6.04 Å². The normalized spacial score (nSPS) is 27.2. The molecule has 2 fully saturated rings. The van der Waals surface area contributed by atoms with Crippen LogP contribution in [-0.2, 0) is 4.79 Å². The maximum absolute atomic E-state index is 12.7. The van der Waals surface area contributed by atoms with Gasteiger partial charge in [-0.2, -0.15) is 0 Å². The minimum absolute atomic E-state index is 0. The Morgan fingerprint density at radius 2 is 1.92 bits per heavy atom. The van der Waals surface area contributed by atoms with E-state index >= 15 is 0 Å². The van der Waals surface area contributed by atoms with E-state index in [1.165, 1.54) is 6.26 Å². The topological polar surface area (TPSA) is 88.6 Å². The fourth-order valence-corrected chi connectivity index (χ4v) is 3.55. The van der Waals surface area contributed by atoms with Crippen LogP contribution < -0.4 is 11.1 Å². The highest BCUT2D eigenvalue weighted by molar-refractivity contribution is 5.95. The highest BCUT2D eigenvalue weighted by Gasteiger charge is 2.34. The van der Waals surface area contributed by atoms with Crippen LogP contribution in [0.2, 0.25) is 0 Å². The zero-order chi connectivity index (χ0) is 16.2. The molecular weight excluding hydrogens is 330 g/mol. The number of nitrogens with zero attached hydrogens (tertiary/aromatic N) is 1. The molecule has 2 aliphatic rings. The first-order valence-corrected chi connectivity index (χ1v) is 8.55. The lowest BCUT2D eigenvalue weighted by molar-refractivity contribution is -0.127. The van der Waals surface area contributed by atoms with Gasteiger partial charge in [-0.15, -0.1) is 12.4 Å².